The lowest BCUT2D eigenvalue weighted by Crippen LogP contribution is -2.60. The van der Waals surface area contributed by atoms with E-state index in [9.17, 15) is 4.79 Å². The van der Waals surface area contributed by atoms with Crippen LogP contribution in [0.3, 0.4) is 0 Å². The molecule has 82 valence electrons. The fourth-order valence-electron chi connectivity index (χ4n) is 1.87. The monoisotopic (exact) mass is 219 g/mol. The fourth-order valence-corrected chi connectivity index (χ4v) is 1.87. The van der Waals surface area contributed by atoms with E-state index in [1.807, 2.05) is 4.90 Å². The van der Waals surface area contributed by atoms with Gasteiger partial charge in [0.25, 0.3) is 0 Å². The van der Waals surface area contributed by atoms with Crippen molar-refractivity contribution in [3.63, 3.8) is 0 Å². The largest absolute Gasteiger partial charge is 0.336 e. The number of amides is 1. The maximum Gasteiger partial charge on any atom is 0.240 e. The minimum atomic E-state index is 0. The molecule has 0 aliphatic carbocycles. The van der Waals surface area contributed by atoms with Gasteiger partial charge in [-0.25, -0.2) is 0 Å². The van der Waals surface area contributed by atoms with Gasteiger partial charge in [0.05, 0.1) is 6.04 Å². The number of piperazine rings is 1. The molecule has 2 atom stereocenters. The van der Waals surface area contributed by atoms with E-state index >= 15 is 0 Å². The van der Waals surface area contributed by atoms with Crippen molar-refractivity contribution in [3.05, 3.63) is 0 Å². The van der Waals surface area contributed by atoms with Gasteiger partial charge in [-0.1, -0.05) is 0 Å². The van der Waals surface area contributed by atoms with Gasteiger partial charge < -0.3 is 15.5 Å². The zero-order valence-electron chi connectivity index (χ0n) is 8.45. The maximum absolute atomic E-state index is 11.8. The molecule has 2 N–H and O–H groups in total. The van der Waals surface area contributed by atoms with Crippen LogP contribution in [0.15, 0.2) is 0 Å². The number of halogens is 1. The molecule has 2 fully saturated rings. The third-order valence-corrected chi connectivity index (χ3v) is 2.91. The van der Waals surface area contributed by atoms with Gasteiger partial charge in [0.15, 0.2) is 0 Å². The van der Waals surface area contributed by atoms with Crippen LogP contribution in [0.5, 0.6) is 0 Å². The lowest BCUT2D eigenvalue weighted by atomic mass is 10.0. The zero-order valence-corrected chi connectivity index (χ0v) is 9.27. The number of carbonyl (C=O) groups excluding carboxylic acids is 1. The molecule has 0 aromatic carbocycles. The SMILES string of the molecule is C[C@H]1CNCCN1C(=O)[C@H]1CCN1.Cl. The summed E-state index contributed by atoms with van der Waals surface area (Å²) in [6.45, 7) is 5.82. The lowest BCUT2D eigenvalue weighted by molar-refractivity contribution is -0.138. The van der Waals surface area contributed by atoms with Gasteiger partial charge in [-0.3, -0.25) is 4.79 Å². The summed E-state index contributed by atoms with van der Waals surface area (Å²) in [4.78, 5) is 13.8. The smallest absolute Gasteiger partial charge is 0.240 e. The average molecular weight is 220 g/mol. The van der Waals surface area contributed by atoms with Gasteiger partial charge in [-0.2, -0.15) is 0 Å². The van der Waals surface area contributed by atoms with Crippen LogP contribution in [0.25, 0.3) is 0 Å². The second-order valence-corrected chi connectivity index (χ2v) is 3.88. The van der Waals surface area contributed by atoms with Crippen molar-refractivity contribution in [2.45, 2.75) is 25.4 Å². The Morgan fingerprint density at radius 2 is 2.14 bits per heavy atom. The molecule has 2 heterocycles. The molecule has 2 rings (SSSR count). The molecule has 0 unspecified atom stereocenters. The van der Waals surface area contributed by atoms with E-state index in [1.54, 1.807) is 0 Å². The molecule has 14 heavy (non-hydrogen) atoms. The summed E-state index contributed by atoms with van der Waals surface area (Å²) < 4.78 is 0. The molecule has 0 aromatic heterocycles. The number of nitrogens with one attached hydrogen (secondary N) is 2. The van der Waals surface area contributed by atoms with E-state index in [2.05, 4.69) is 17.6 Å². The second-order valence-electron chi connectivity index (χ2n) is 3.88. The van der Waals surface area contributed by atoms with Crippen LogP contribution >= 0.6 is 12.4 Å². The van der Waals surface area contributed by atoms with Crippen molar-refractivity contribution in [2.75, 3.05) is 26.2 Å². The van der Waals surface area contributed by atoms with E-state index in [-0.39, 0.29) is 18.4 Å². The van der Waals surface area contributed by atoms with Crippen molar-refractivity contribution >= 4 is 18.3 Å². The van der Waals surface area contributed by atoms with E-state index in [0.29, 0.717) is 11.9 Å². The Bertz CT molecular complexity index is 208. The Labute approximate surface area is 90.8 Å². The van der Waals surface area contributed by atoms with E-state index < -0.39 is 0 Å². The van der Waals surface area contributed by atoms with Crippen molar-refractivity contribution in [1.82, 2.24) is 15.5 Å². The molecule has 2 aliphatic rings. The molecule has 0 bridgehead atoms. The minimum absolute atomic E-state index is 0. The molecule has 4 nitrogen and oxygen atoms in total. The molecule has 5 heteroatoms. The highest BCUT2D eigenvalue weighted by Gasteiger charge is 2.32. The van der Waals surface area contributed by atoms with Crippen LogP contribution in [0.2, 0.25) is 0 Å². The zero-order chi connectivity index (χ0) is 9.26. The van der Waals surface area contributed by atoms with Crippen LogP contribution in [-0.4, -0.2) is 49.1 Å². The van der Waals surface area contributed by atoms with E-state index in [1.165, 1.54) is 0 Å². The maximum atomic E-state index is 11.8. The highest BCUT2D eigenvalue weighted by Crippen LogP contribution is 2.10. The number of hydrogen-bond donors (Lipinski definition) is 2. The van der Waals surface area contributed by atoms with Gasteiger partial charge in [-0.15, -0.1) is 12.4 Å². The van der Waals surface area contributed by atoms with Crippen molar-refractivity contribution in [2.24, 2.45) is 0 Å². The van der Waals surface area contributed by atoms with Gasteiger partial charge in [0, 0.05) is 25.7 Å². The first-order valence-electron chi connectivity index (χ1n) is 5.03. The number of nitrogens with zero attached hydrogens (tertiary/aromatic N) is 1. The second kappa shape index (κ2) is 4.96. The highest BCUT2D eigenvalue weighted by atomic mass is 35.5. The fraction of sp³-hybridized carbons (Fsp3) is 0.889. The van der Waals surface area contributed by atoms with Crippen molar-refractivity contribution in [3.8, 4) is 0 Å². The predicted molar refractivity (Wildman–Crippen MR) is 57.7 cm³/mol. The molecule has 0 aromatic rings. The summed E-state index contributed by atoms with van der Waals surface area (Å²) in [5.41, 5.74) is 0. The third-order valence-electron chi connectivity index (χ3n) is 2.91. The molecule has 2 aliphatic heterocycles. The summed E-state index contributed by atoms with van der Waals surface area (Å²) in [5, 5.41) is 6.43. The first kappa shape index (κ1) is 11.8. The van der Waals surface area contributed by atoms with Gasteiger partial charge in [0.2, 0.25) is 5.91 Å². The molecule has 0 saturated carbocycles. The quantitative estimate of drug-likeness (QED) is 0.631. The summed E-state index contributed by atoms with van der Waals surface area (Å²) in [7, 11) is 0. The number of hydrogen-bond acceptors (Lipinski definition) is 3. The summed E-state index contributed by atoms with van der Waals surface area (Å²) in [6, 6.07) is 0.462. The van der Waals surface area contributed by atoms with Gasteiger partial charge in [0.1, 0.15) is 0 Å². The standard InChI is InChI=1S/C9H17N3O.ClH/c1-7-6-10-4-5-12(7)9(13)8-2-3-11-8;/h7-8,10-11H,2-6H2,1H3;1H/t7-,8+;/m0./s1. The van der Waals surface area contributed by atoms with Crippen LogP contribution in [0, 0.1) is 0 Å². The average Bonchev–Trinajstić information content (AvgIpc) is 2.01. The Kier molecular flexibility index (Phi) is 4.16. The molecule has 1 amide bonds. The Morgan fingerprint density at radius 1 is 1.43 bits per heavy atom. The molecular weight excluding hydrogens is 202 g/mol. The first-order chi connectivity index (χ1) is 6.29. The summed E-state index contributed by atoms with van der Waals surface area (Å²) >= 11 is 0. The minimum Gasteiger partial charge on any atom is -0.336 e. The predicted octanol–water partition coefficient (Wildman–Crippen LogP) is -0.410. The van der Waals surface area contributed by atoms with Gasteiger partial charge in [-0.05, 0) is 19.9 Å². The summed E-state index contributed by atoms with van der Waals surface area (Å²) in [5.74, 6) is 0.292. The molecular formula is C9H18ClN3O. The Balaban J connectivity index is 0.000000980. The van der Waals surface area contributed by atoms with Crippen LogP contribution in [-0.2, 0) is 4.79 Å². The topological polar surface area (TPSA) is 44.4 Å². The van der Waals surface area contributed by atoms with Crippen LogP contribution in [0.1, 0.15) is 13.3 Å². The van der Waals surface area contributed by atoms with E-state index in [0.717, 1.165) is 32.6 Å². The molecule has 0 spiro atoms. The van der Waals surface area contributed by atoms with Crippen LogP contribution in [0.4, 0.5) is 0 Å². The molecule has 2 saturated heterocycles. The normalized spacial score (nSPS) is 31.6. The number of carbonyl (C=O) groups is 1. The van der Waals surface area contributed by atoms with Gasteiger partial charge >= 0.3 is 0 Å². The highest BCUT2D eigenvalue weighted by molar-refractivity contribution is 5.85. The Hall–Kier alpha value is -0.320. The first-order valence-corrected chi connectivity index (χ1v) is 5.03. The Morgan fingerprint density at radius 3 is 2.64 bits per heavy atom. The summed E-state index contributed by atoms with van der Waals surface area (Å²) in [6.07, 6.45) is 1.01. The van der Waals surface area contributed by atoms with Crippen molar-refractivity contribution < 1.29 is 4.79 Å². The lowest BCUT2D eigenvalue weighted by Gasteiger charge is -2.39. The molecule has 0 radical (unpaired) electrons. The van der Waals surface area contributed by atoms with Crippen LogP contribution < -0.4 is 10.6 Å². The van der Waals surface area contributed by atoms with E-state index in [4.69, 9.17) is 0 Å². The van der Waals surface area contributed by atoms with Crippen molar-refractivity contribution in [1.29, 1.82) is 0 Å². The number of rotatable bonds is 1. The third kappa shape index (κ3) is 2.19.